The SMILES string of the molecule is CC(=O)N(/C=C/C=C/C=C/C=C/C=C/C1=[N+](CCCCS(=O)(=O)[O-])c2ccc3ccccc3c2C1(C)C)c1ccccc1. The van der Waals surface area contributed by atoms with Crippen LogP contribution in [0.15, 0.2) is 128 Å². The van der Waals surface area contributed by atoms with Gasteiger partial charge < -0.3 is 4.55 Å². The molecular weight excluding hydrogens is 556 g/mol. The normalized spacial score (nSPS) is 15.3. The summed E-state index contributed by atoms with van der Waals surface area (Å²) in [4.78, 5) is 13.6. The summed E-state index contributed by atoms with van der Waals surface area (Å²) in [7, 11) is -4.22. The Bertz CT molecular complexity index is 1740. The molecule has 0 unspecified atom stereocenters. The Labute approximate surface area is 255 Å². The van der Waals surface area contributed by atoms with E-state index in [0.717, 1.165) is 17.1 Å². The molecule has 1 aliphatic rings. The lowest BCUT2D eigenvalue weighted by molar-refractivity contribution is -0.438. The molecule has 3 aromatic carbocycles. The summed E-state index contributed by atoms with van der Waals surface area (Å²) in [6.07, 6.45) is 20.2. The second-order valence-electron chi connectivity index (χ2n) is 10.9. The van der Waals surface area contributed by atoms with Gasteiger partial charge in [-0.25, -0.2) is 8.42 Å². The fraction of sp³-hybridized carbons (Fsp3) is 0.222. The molecule has 4 rings (SSSR count). The number of benzene rings is 3. The van der Waals surface area contributed by atoms with E-state index in [2.05, 4.69) is 54.8 Å². The number of carbonyl (C=O) groups is 1. The summed E-state index contributed by atoms with van der Waals surface area (Å²) in [6, 6.07) is 22.1. The monoisotopic (exact) mass is 594 g/mol. The van der Waals surface area contributed by atoms with Crippen LogP contribution < -0.4 is 4.90 Å². The van der Waals surface area contributed by atoms with Crippen molar-refractivity contribution in [3.63, 3.8) is 0 Å². The number of carbonyl (C=O) groups excluding carboxylic acids is 1. The van der Waals surface area contributed by atoms with Gasteiger partial charge in [-0.2, -0.15) is 4.58 Å². The summed E-state index contributed by atoms with van der Waals surface area (Å²) in [5.41, 5.74) is 4.03. The molecule has 7 heteroatoms. The van der Waals surface area contributed by atoms with Gasteiger partial charge in [0.25, 0.3) is 0 Å². The highest BCUT2D eigenvalue weighted by molar-refractivity contribution is 7.85. The summed E-state index contributed by atoms with van der Waals surface area (Å²) in [5.74, 6) is -0.406. The third-order valence-electron chi connectivity index (χ3n) is 7.42. The fourth-order valence-electron chi connectivity index (χ4n) is 5.45. The number of para-hydroxylation sites is 1. The molecule has 0 atom stereocenters. The van der Waals surface area contributed by atoms with Crippen LogP contribution in [-0.2, 0) is 20.3 Å². The highest BCUT2D eigenvalue weighted by Crippen LogP contribution is 2.44. The molecule has 0 N–H and O–H groups in total. The van der Waals surface area contributed by atoms with Crippen LogP contribution in [0.4, 0.5) is 11.4 Å². The van der Waals surface area contributed by atoms with Gasteiger partial charge in [0.2, 0.25) is 11.6 Å². The first-order valence-corrected chi connectivity index (χ1v) is 16.0. The van der Waals surface area contributed by atoms with Crippen LogP contribution in [0, 0.1) is 0 Å². The van der Waals surface area contributed by atoms with Gasteiger partial charge in [0.05, 0.1) is 15.5 Å². The molecule has 1 aliphatic heterocycles. The minimum atomic E-state index is -4.22. The molecule has 1 heterocycles. The molecule has 0 aliphatic carbocycles. The van der Waals surface area contributed by atoms with Gasteiger partial charge in [-0.1, -0.05) is 85.0 Å². The van der Waals surface area contributed by atoms with Gasteiger partial charge in [-0.3, -0.25) is 9.69 Å². The van der Waals surface area contributed by atoms with Crippen molar-refractivity contribution in [2.75, 3.05) is 17.2 Å². The van der Waals surface area contributed by atoms with Gasteiger partial charge in [-0.05, 0) is 55.3 Å². The van der Waals surface area contributed by atoms with E-state index in [0.29, 0.717) is 19.4 Å². The number of unbranched alkanes of at least 4 members (excludes halogenated alkanes) is 1. The lowest BCUT2D eigenvalue weighted by Crippen LogP contribution is -2.28. The van der Waals surface area contributed by atoms with Crippen LogP contribution in [-0.4, -0.2) is 41.5 Å². The highest BCUT2D eigenvalue weighted by Gasteiger charge is 2.45. The van der Waals surface area contributed by atoms with E-state index in [1.165, 1.54) is 23.3 Å². The van der Waals surface area contributed by atoms with Crippen molar-refractivity contribution in [1.82, 2.24) is 0 Å². The largest absolute Gasteiger partial charge is 0.748 e. The number of hydrogen-bond acceptors (Lipinski definition) is 4. The molecule has 6 nitrogen and oxygen atoms in total. The molecule has 0 bridgehead atoms. The summed E-state index contributed by atoms with van der Waals surface area (Å²) in [5, 5.41) is 2.38. The van der Waals surface area contributed by atoms with Crippen LogP contribution in [0.25, 0.3) is 10.8 Å². The third kappa shape index (κ3) is 8.15. The number of allylic oxidation sites excluding steroid dienone is 9. The van der Waals surface area contributed by atoms with Crippen molar-refractivity contribution < 1.29 is 22.3 Å². The molecule has 0 saturated heterocycles. The van der Waals surface area contributed by atoms with Crippen LogP contribution in [0.3, 0.4) is 0 Å². The molecule has 3 aromatic rings. The first kappa shape index (κ1) is 31.6. The summed E-state index contributed by atoms with van der Waals surface area (Å²) in [6.45, 7) is 6.59. The maximum Gasteiger partial charge on any atom is 0.227 e. The van der Waals surface area contributed by atoms with Gasteiger partial charge in [0.15, 0.2) is 5.71 Å². The van der Waals surface area contributed by atoms with Crippen molar-refractivity contribution in [3.05, 3.63) is 133 Å². The zero-order chi connectivity index (χ0) is 30.9. The van der Waals surface area contributed by atoms with E-state index in [1.54, 1.807) is 11.1 Å². The van der Waals surface area contributed by atoms with Crippen molar-refractivity contribution in [3.8, 4) is 0 Å². The van der Waals surface area contributed by atoms with Crippen molar-refractivity contribution in [2.45, 2.75) is 39.0 Å². The smallest absolute Gasteiger partial charge is 0.227 e. The van der Waals surface area contributed by atoms with Crippen LogP contribution in [0.2, 0.25) is 0 Å². The van der Waals surface area contributed by atoms with E-state index >= 15 is 0 Å². The number of nitrogens with zero attached hydrogens (tertiary/aromatic N) is 2. The average Bonchev–Trinajstić information content (AvgIpc) is 3.19. The molecular formula is C36H38N2O4S. The lowest BCUT2D eigenvalue weighted by atomic mass is 9.79. The number of amides is 1. The minimum absolute atomic E-state index is 0.0605. The molecule has 222 valence electrons. The molecule has 0 spiro atoms. The van der Waals surface area contributed by atoms with Crippen LogP contribution >= 0.6 is 0 Å². The van der Waals surface area contributed by atoms with Crippen LogP contribution in [0.5, 0.6) is 0 Å². The van der Waals surface area contributed by atoms with E-state index < -0.39 is 10.1 Å². The van der Waals surface area contributed by atoms with E-state index in [1.807, 2.05) is 85.0 Å². The Morgan fingerprint density at radius 2 is 1.47 bits per heavy atom. The quantitative estimate of drug-likeness (QED) is 0.0952. The van der Waals surface area contributed by atoms with Crippen molar-refractivity contribution >= 4 is 43.9 Å². The number of rotatable bonds is 12. The Kier molecular flexibility index (Phi) is 10.5. The lowest BCUT2D eigenvalue weighted by Gasteiger charge is -2.17. The highest BCUT2D eigenvalue weighted by atomic mass is 32.2. The molecule has 0 fully saturated rings. The molecule has 0 aromatic heterocycles. The number of hydrogen-bond donors (Lipinski definition) is 0. The van der Waals surface area contributed by atoms with Crippen LogP contribution in [0.1, 0.15) is 39.2 Å². The first-order chi connectivity index (χ1) is 20.6. The fourth-order valence-corrected chi connectivity index (χ4v) is 6.01. The van der Waals surface area contributed by atoms with Gasteiger partial charge >= 0.3 is 0 Å². The molecule has 0 saturated carbocycles. The Morgan fingerprint density at radius 1 is 0.837 bits per heavy atom. The number of anilines is 1. The maximum atomic E-state index is 12.0. The molecule has 43 heavy (non-hydrogen) atoms. The number of fused-ring (bicyclic) bond motifs is 3. The van der Waals surface area contributed by atoms with E-state index in [4.69, 9.17) is 0 Å². The van der Waals surface area contributed by atoms with Gasteiger partial charge in [0.1, 0.15) is 6.54 Å². The van der Waals surface area contributed by atoms with E-state index in [-0.39, 0.29) is 17.1 Å². The topological polar surface area (TPSA) is 80.5 Å². The van der Waals surface area contributed by atoms with Crippen molar-refractivity contribution in [2.24, 2.45) is 0 Å². The predicted octanol–water partition coefficient (Wildman–Crippen LogP) is 7.33. The van der Waals surface area contributed by atoms with Crippen molar-refractivity contribution in [1.29, 1.82) is 0 Å². The Hall–Kier alpha value is -4.33. The van der Waals surface area contributed by atoms with Gasteiger partial charge in [0, 0.05) is 48.7 Å². The standard InChI is InChI=1S/C36H38N2O4S/c1-29(39)37(31-20-11-10-12-21-31)26-16-9-7-5-4-6-8-13-23-34-36(2,3)35-32-22-15-14-19-30(32)24-25-33(35)38(34)27-17-18-28-43(40,41)42/h4-16,19-26H,17-18,27-28H2,1-3H3. The summed E-state index contributed by atoms with van der Waals surface area (Å²) >= 11 is 0. The molecule has 1 amide bonds. The third-order valence-corrected chi connectivity index (χ3v) is 8.21. The zero-order valence-electron chi connectivity index (χ0n) is 24.9. The predicted molar refractivity (Wildman–Crippen MR) is 176 cm³/mol. The maximum absolute atomic E-state index is 12.0. The summed E-state index contributed by atoms with van der Waals surface area (Å²) < 4.78 is 35.6. The second kappa shape index (κ2) is 14.2. The van der Waals surface area contributed by atoms with E-state index in [9.17, 15) is 17.8 Å². The first-order valence-electron chi connectivity index (χ1n) is 14.4. The Balaban J connectivity index is 1.47. The minimum Gasteiger partial charge on any atom is -0.748 e. The molecule has 0 radical (unpaired) electrons. The average molecular weight is 595 g/mol. The van der Waals surface area contributed by atoms with Gasteiger partial charge in [-0.15, -0.1) is 0 Å². The second-order valence-corrected chi connectivity index (χ2v) is 12.4. The Morgan fingerprint density at radius 3 is 2.14 bits per heavy atom. The zero-order valence-corrected chi connectivity index (χ0v) is 25.7.